The number of amides is 2. The van der Waals surface area contributed by atoms with Gasteiger partial charge in [-0.1, -0.05) is 36.0 Å². The van der Waals surface area contributed by atoms with Gasteiger partial charge in [0.25, 0.3) is 5.91 Å². The number of nitrogens with zero attached hydrogens (tertiary/aromatic N) is 1. The summed E-state index contributed by atoms with van der Waals surface area (Å²) in [6.45, 7) is 0. The van der Waals surface area contributed by atoms with Crippen LogP contribution in [0.2, 0.25) is 0 Å². The lowest BCUT2D eigenvalue weighted by Crippen LogP contribution is -2.32. The maximum atomic E-state index is 13.2. The Labute approximate surface area is 185 Å². The van der Waals surface area contributed by atoms with Gasteiger partial charge in [0.2, 0.25) is 5.91 Å². The number of benzene rings is 3. The Balaban J connectivity index is 1.41. The number of rotatable bonds is 5. The van der Waals surface area contributed by atoms with Crippen molar-refractivity contribution < 1.29 is 14.3 Å². The molecule has 1 aliphatic heterocycles. The molecule has 2 amide bonds. The van der Waals surface area contributed by atoms with Crippen LogP contribution in [0.4, 0.5) is 11.4 Å². The lowest BCUT2D eigenvalue weighted by Gasteiger charge is -2.23. The van der Waals surface area contributed by atoms with Crippen LogP contribution < -0.4 is 15.0 Å². The average Bonchev–Trinajstić information content (AvgIpc) is 3.61. The first-order valence-electron chi connectivity index (χ1n) is 10.3. The summed E-state index contributed by atoms with van der Waals surface area (Å²) in [5.41, 5.74) is 3.26. The van der Waals surface area contributed by atoms with Crippen LogP contribution in [0.3, 0.4) is 0 Å². The second kappa shape index (κ2) is 8.12. The molecular formula is C25H22N2O3S. The third kappa shape index (κ3) is 4.03. The van der Waals surface area contributed by atoms with E-state index in [2.05, 4.69) is 5.32 Å². The Morgan fingerprint density at radius 3 is 2.71 bits per heavy atom. The van der Waals surface area contributed by atoms with E-state index in [0.717, 1.165) is 50.9 Å². The third-order valence-electron chi connectivity index (χ3n) is 5.47. The normalized spacial score (nSPS) is 15.0. The number of anilines is 2. The molecule has 1 aliphatic carbocycles. The zero-order valence-electron chi connectivity index (χ0n) is 17.1. The molecule has 156 valence electrons. The summed E-state index contributed by atoms with van der Waals surface area (Å²) in [6, 6.07) is 21.3. The molecule has 0 radical (unpaired) electrons. The number of carbonyl (C=O) groups excluding carboxylic acids is 2. The van der Waals surface area contributed by atoms with Gasteiger partial charge in [-0.3, -0.25) is 9.59 Å². The largest absolute Gasteiger partial charge is 0.497 e. The van der Waals surface area contributed by atoms with Gasteiger partial charge < -0.3 is 15.0 Å². The van der Waals surface area contributed by atoms with E-state index in [1.54, 1.807) is 18.9 Å². The molecule has 5 rings (SSSR count). The predicted molar refractivity (Wildman–Crippen MR) is 122 cm³/mol. The minimum atomic E-state index is -0.0950. The molecule has 1 heterocycles. The molecule has 0 atom stereocenters. The molecule has 1 saturated carbocycles. The summed E-state index contributed by atoms with van der Waals surface area (Å²) >= 11 is 1.58. The van der Waals surface area contributed by atoms with Gasteiger partial charge in [-0.2, -0.15) is 0 Å². The highest BCUT2D eigenvalue weighted by atomic mass is 32.2. The van der Waals surface area contributed by atoms with Crippen molar-refractivity contribution in [3.63, 3.8) is 0 Å². The predicted octanol–water partition coefficient (Wildman–Crippen LogP) is 5.15. The molecule has 0 saturated heterocycles. The van der Waals surface area contributed by atoms with E-state index < -0.39 is 0 Å². The van der Waals surface area contributed by atoms with Gasteiger partial charge in [-0.05, 0) is 60.9 Å². The maximum absolute atomic E-state index is 13.2. The van der Waals surface area contributed by atoms with Gasteiger partial charge in [-0.25, -0.2) is 0 Å². The fourth-order valence-electron chi connectivity index (χ4n) is 3.83. The highest BCUT2D eigenvalue weighted by molar-refractivity contribution is 7.99. The second-order valence-corrected chi connectivity index (χ2v) is 8.85. The minimum Gasteiger partial charge on any atom is -0.497 e. The number of carbonyl (C=O) groups is 2. The molecule has 0 spiro atoms. The molecule has 31 heavy (non-hydrogen) atoms. The number of nitrogens with one attached hydrogen (secondary N) is 1. The highest BCUT2D eigenvalue weighted by Gasteiger charge is 2.38. The van der Waals surface area contributed by atoms with Crippen molar-refractivity contribution in [3.8, 4) is 5.75 Å². The molecule has 5 nitrogen and oxygen atoms in total. The average molecular weight is 431 g/mol. The summed E-state index contributed by atoms with van der Waals surface area (Å²) in [5, 5.41) is 3.00. The summed E-state index contributed by atoms with van der Waals surface area (Å²) < 4.78 is 5.23. The lowest BCUT2D eigenvalue weighted by molar-refractivity contribution is -0.115. The van der Waals surface area contributed by atoms with Crippen molar-refractivity contribution in [2.75, 3.05) is 17.3 Å². The van der Waals surface area contributed by atoms with Crippen LogP contribution in [-0.2, 0) is 11.2 Å². The Morgan fingerprint density at radius 1 is 1.06 bits per heavy atom. The van der Waals surface area contributed by atoms with Crippen molar-refractivity contribution in [3.05, 3.63) is 77.9 Å². The van der Waals surface area contributed by atoms with Crippen molar-refractivity contribution in [2.45, 2.75) is 35.1 Å². The number of fused-ring (bicyclic) bond motifs is 2. The summed E-state index contributed by atoms with van der Waals surface area (Å²) in [6.07, 6.45) is 2.31. The molecule has 2 aliphatic rings. The molecule has 0 unspecified atom stereocenters. The number of hydrogen-bond donors (Lipinski definition) is 1. The highest BCUT2D eigenvalue weighted by Crippen LogP contribution is 2.46. The van der Waals surface area contributed by atoms with E-state index in [1.165, 1.54) is 0 Å². The number of methoxy groups -OCH3 is 1. The van der Waals surface area contributed by atoms with Gasteiger partial charge >= 0.3 is 0 Å². The molecule has 0 bridgehead atoms. The first kappa shape index (κ1) is 19.7. The van der Waals surface area contributed by atoms with Gasteiger partial charge in [-0.15, -0.1) is 0 Å². The Kier molecular flexibility index (Phi) is 5.16. The molecule has 3 aromatic carbocycles. The van der Waals surface area contributed by atoms with Crippen molar-refractivity contribution >= 4 is 35.0 Å². The first-order chi connectivity index (χ1) is 15.1. The van der Waals surface area contributed by atoms with Crippen molar-refractivity contribution in [2.24, 2.45) is 0 Å². The summed E-state index contributed by atoms with van der Waals surface area (Å²) in [5.74, 6) is 0.691. The monoisotopic (exact) mass is 430 g/mol. The Bertz CT molecular complexity index is 1170. The lowest BCUT2D eigenvalue weighted by atomic mass is 10.1. The molecule has 6 heteroatoms. The van der Waals surface area contributed by atoms with Crippen LogP contribution in [0.15, 0.2) is 76.5 Å². The smallest absolute Gasteiger partial charge is 0.259 e. The topological polar surface area (TPSA) is 58.6 Å². The maximum Gasteiger partial charge on any atom is 0.259 e. The van der Waals surface area contributed by atoms with Gasteiger partial charge in [0.15, 0.2) is 0 Å². The number of hydrogen-bond acceptors (Lipinski definition) is 4. The van der Waals surface area contributed by atoms with Crippen molar-refractivity contribution in [1.29, 1.82) is 0 Å². The molecule has 1 N–H and O–H groups in total. The third-order valence-corrected chi connectivity index (χ3v) is 6.59. The Hall–Kier alpha value is -3.25. The standard InChI is InChI=1S/C25H22N2O3S/c1-30-19-6-4-5-16(13-19)14-24(28)26-17-9-12-21-23(15-17)31-22-8-3-2-7-20(22)25(29)27(21)18-10-11-18/h2-9,12-13,15,18H,10-11,14H2,1H3,(H,26,28). The molecule has 1 fully saturated rings. The fraction of sp³-hybridized carbons (Fsp3) is 0.200. The van der Waals surface area contributed by atoms with Crippen LogP contribution in [-0.4, -0.2) is 25.0 Å². The van der Waals surface area contributed by atoms with Crippen LogP contribution in [0.25, 0.3) is 0 Å². The zero-order valence-corrected chi connectivity index (χ0v) is 17.9. The van der Waals surface area contributed by atoms with Gasteiger partial charge in [0.1, 0.15) is 5.75 Å². The zero-order chi connectivity index (χ0) is 21.4. The molecule has 3 aromatic rings. The van der Waals surface area contributed by atoms with Crippen LogP contribution in [0, 0.1) is 0 Å². The van der Waals surface area contributed by atoms with E-state index in [4.69, 9.17) is 4.74 Å². The fourth-order valence-corrected chi connectivity index (χ4v) is 4.94. The number of ether oxygens (including phenoxy) is 1. The molecular weight excluding hydrogens is 408 g/mol. The SMILES string of the molecule is COc1cccc(CC(=O)Nc2ccc3c(c2)Sc2ccccc2C(=O)N3C2CC2)c1. The van der Waals surface area contributed by atoms with Gasteiger partial charge in [0.05, 0.1) is 24.8 Å². The second-order valence-electron chi connectivity index (χ2n) is 7.76. The minimum absolute atomic E-state index is 0.0548. The Morgan fingerprint density at radius 2 is 1.90 bits per heavy atom. The quantitative estimate of drug-likeness (QED) is 0.608. The van der Waals surface area contributed by atoms with Crippen LogP contribution in [0.5, 0.6) is 5.75 Å². The van der Waals surface area contributed by atoms with Crippen molar-refractivity contribution in [1.82, 2.24) is 0 Å². The van der Waals surface area contributed by atoms with Crippen LogP contribution in [0.1, 0.15) is 28.8 Å². The molecule has 0 aromatic heterocycles. The van der Waals surface area contributed by atoms with E-state index in [1.807, 2.05) is 71.6 Å². The first-order valence-corrected chi connectivity index (χ1v) is 11.1. The van der Waals surface area contributed by atoms with E-state index in [0.29, 0.717) is 0 Å². The van der Waals surface area contributed by atoms with E-state index in [-0.39, 0.29) is 24.3 Å². The van der Waals surface area contributed by atoms with E-state index in [9.17, 15) is 9.59 Å². The summed E-state index contributed by atoms with van der Waals surface area (Å²) in [7, 11) is 1.61. The summed E-state index contributed by atoms with van der Waals surface area (Å²) in [4.78, 5) is 29.7. The van der Waals surface area contributed by atoms with Gasteiger partial charge in [0, 0.05) is 21.5 Å². The van der Waals surface area contributed by atoms with Crippen LogP contribution >= 0.6 is 11.8 Å². The van der Waals surface area contributed by atoms with E-state index >= 15 is 0 Å².